The lowest BCUT2D eigenvalue weighted by molar-refractivity contribution is -0.384. The number of hydrogen-bond donors (Lipinski definition) is 2. The predicted octanol–water partition coefficient (Wildman–Crippen LogP) is 2.99. The van der Waals surface area contributed by atoms with Crippen LogP contribution in [0.5, 0.6) is 0 Å². The fraction of sp³-hybridized carbons (Fsp3) is 0.571. The molecule has 21 heavy (non-hydrogen) atoms. The molecule has 0 saturated heterocycles. The van der Waals surface area contributed by atoms with Crippen LogP contribution in [0.25, 0.3) is 0 Å². The first-order valence-corrected chi connectivity index (χ1v) is 7.00. The fourth-order valence-corrected chi connectivity index (χ4v) is 2.10. The van der Waals surface area contributed by atoms with Crippen molar-refractivity contribution < 1.29 is 14.8 Å². The van der Waals surface area contributed by atoms with Crippen LogP contribution >= 0.6 is 0 Å². The number of rotatable bonds is 9. The third-order valence-electron chi connectivity index (χ3n) is 3.39. The number of aliphatic carboxylic acids is 1. The van der Waals surface area contributed by atoms with Crippen molar-refractivity contribution in [3.05, 3.63) is 27.9 Å². The van der Waals surface area contributed by atoms with E-state index >= 15 is 0 Å². The molecule has 1 rings (SSSR count). The van der Waals surface area contributed by atoms with E-state index in [1.165, 1.54) is 6.07 Å². The summed E-state index contributed by atoms with van der Waals surface area (Å²) in [5.41, 5.74) is 0.703. The van der Waals surface area contributed by atoms with Gasteiger partial charge in [0.2, 0.25) is 5.82 Å². The number of nitro groups is 1. The van der Waals surface area contributed by atoms with E-state index in [1.807, 2.05) is 6.92 Å². The van der Waals surface area contributed by atoms with Gasteiger partial charge >= 0.3 is 11.7 Å². The number of anilines is 1. The van der Waals surface area contributed by atoms with Gasteiger partial charge in [-0.25, -0.2) is 4.98 Å². The highest BCUT2D eigenvalue weighted by Crippen LogP contribution is 2.23. The minimum absolute atomic E-state index is 0.0337. The number of nitrogens with zero attached hydrogens (tertiary/aromatic N) is 2. The van der Waals surface area contributed by atoms with Crippen LogP contribution in [0.1, 0.15) is 38.2 Å². The Hall–Kier alpha value is -2.18. The zero-order chi connectivity index (χ0) is 15.8. The van der Waals surface area contributed by atoms with Crippen LogP contribution in [-0.2, 0) is 4.79 Å². The van der Waals surface area contributed by atoms with E-state index in [0.717, 1.165) is 18.4 Å². The van der Waals surface area contributed by atoms with Crippen LogP contribution < -0.4 is 5.32 Å². The Labute approximate surface area is 123 Å². The topological polar surface area (TPSA) is 105 Å². The number of nitrogens with one attached hydrogen (secondary N) is 1. The number of carbonyl (C=O) groups is 1. The Balaban J connectivity index is 2.55. The molecule has 1 aromatic heterocycles. The lowest BCUT2D eigenvalue weighted by Crippen LogP contribution is -2.12. The van der Waals surface area contributed by atoms with E-state index in [2.05, 4.69) is 10.3 Å². The monoisotopic (exact) mass is 295 g/mol. The van der Waals surface area contributed by atoms with Crippen molar-refractivity contribution >= 4 is 17.5 Å². The largest absolute Gasteiger partial charge is 0.481 e. The standard InChI is InChI=1S/C14H21N3O4/c1-3-11(4-5-13(18)19)6-7-15-14-12(17(20)21)8-10(2)9-16-14/h8-9,11H,3-7H2,1-2H3,(H,15,16)(H,18,19). The van der Waals surface area contributed by atoms with Crippen LogP contribution in [0, 0.1) is 23.0 Å². The number of pyridine rings is 1. The maximum absolute atomic E-state index is 11.0. The van der Waals surface area contributed by atoms with Crippen LogP contribution in [0.3, 0.4) is 0 Å². The molecule has 0 aliphatic carbocycles. The molecule has 116 valence electrons. The molecule has 7 nitrogen and oxygen atoms in total. The second kappa shape index (κ2) is 8.18. The molecule has 0 amide bonds. The van der Waals surface area contributed by atoms with E-state index in [9.17, 15) is 14.9 Å². The average Bonchev–Trinajstić information content (AvgIpc) is 2.43. The molecule has 0 aliphatic rings. The molecule has 0 saturated carbocycles. The van der Waals surface area contributed by atoms with Crippen molar-refractivity contribution in [2.75, 3.05) is 11.9 Å². The van der Waals surface area contributed by atoms with Crippen molar-refractivity contribution in [1.82, 2.24) is 4.98 Å². The summed E-state index contributed by atoms with van der Waals surface area (Å²) in [6, 6.07) is 1.48. The van der Waals surface area contributed by atoms with Crippen molar-refractivity contribution in [1.29, 1.82) is 0 Å². The zero-order valence-corrected chi connectivity index (χ0v) is 12.3. The Kier molecular flexibility index (Phi) is 6.58. The Bertz CT molecular complexity index is 505. The number of aryl methyl sites for hydroxylation is 1. The lowest BCUT2D eigenvalue weighted by atomic mass is 9.97. The van der Waals surface area contributed by atoms with Crippen LogP contribution in [0.15, 0.2) is 12.3 Å². The quantitative estimate of drug-likeness (QED) is 0.536. The molecule has 0 aromatic carbocycles. The van der Waals surface area contributed by atoms with Gasteiger partial charge in [0.1, 0.15) is 0 Å². The third-order valence-corrected chi connectivity index (χ3v) is 3.39. The second-order valence-electron chi connectivity index (χ2n) is 5.06. The summed E-state index contributed by atoms with van der Waals surface area (Å²) in [6.45, 7) is 4.30. The van der Waals surface area contributed by atoms with Gasteiger partial charge in [-0.3, -0.25) is 14.9 Å². The van der Waals surface area contributed by atoms with Crippen molar-refractivity contribution in [2.24, 2.45) is 5.92 Å². The first-order valence-electron chi connectivity index (χ1n) is 7.00. The van der Waals surface area contributed by atoms with E-state index in [4.69, 9.17) is 5.11 Å². The molecule has 0 aliphatic heterocycles. The van der Waals surface area contributed by atoms with Gasteiger partial charge in [0.05, 0.1) is 4.92 Å². The minimum Gasteiger partial charge on any atom is -0.481 e. The SMILES string of the molecule is CCC(CCNc1ncc(C)cc1[N+](=O)[O-])CCC(=O)O. The van der Waals surface area contributed by atoms with Crippen LogP contribution in [0.4, 0.5) is 11.5 Å². The van der Waals surface area contributed by atoms with E-state index in [-0.39, 0.29) is 23.8 Å². The molecular weight excluding hydrogens is 274 g/mol. The summed E-state index contributed by atoms with van der Waals surface area (Å²) in [5.74, 6) is -0.242. The van der Waals surface area contributed by atoms with Gasteiger partial charge in [-0.2, -0.15) is 0 Å². The first-order chi connectivity index (χ1) is 9.93. The van der Waals surface area contributed by atoms with Gasteiger partial charge in [0.25, 0.3) is 0 Å². The molecular formula is C14H21N3O4. The van der Waals surface area contributed by atoms with Gasteiger partial charge in [-0.05, 0) is 31.2 Å². The molecule has 0 radical (unpaired) electrons. The van der Waals surface area contributed by atoms with Crippen molar-refractivity contribution in [3.8, 4) is 0 Å². The maximum Gasteiger partial charge on any atom is 0.311 e. The average molecular weight is 295 g/mol. The molecule has 1 aromatic rings. The summed E-state index contributed by atoms with van der Waals surface area (Å²) in [5, 5.41) is 22.6. The number of hydrogen-bond acceptors (Lipinski definition) is 5. The maximum atomic E-state index is 11.0. The van der Waals surface area contributed by atoms with Crippen LogP contribution in [-0.4, -0.2) is 27.5 Å². The Morgan fingerprint density at radius 1 is 1.52 bits per heavy atom. The second-order valence-corrected chi connectivity index (χ2v) is 5.06. The first kappa shape index (κ1) is 16.9. The molecule has 0 spiro atoms. The number of carboxylic acid groups (broad SMARTS) is 1. The Morgan fingerprint density at radius 3 is 2.81 bits per heavy atom. The van der Waals surface area contributed by atoms with E-state index < -0.39 is 10.9 Å². The normalized spacial score (nSPS) is 11.9. The van der Waals surface area contributed by atoms with Gasteiger partial charge < -0.3 is 10.4 Å². The molecule has 0 bridgehead atoms. The van der Waals surface area contributed by atoms with Gasteiger partial charge in [0, 0.05) is 25.2 Å². The van der Waals surface area contributed by atoms with E-state index in [1.54, 1.807) is 13.1 Å². The highest BCUT2D eigenvalue weighted by molar-refractivity contribution is 5.66. The minimum atomic E-state index is -0.794. The van der Waals surface area contributed by atoms with Crippen LogP contribution in [0.2, 0.25) is 0 Å². The number of aromatic nitrogens is 1. The molecule has 2 N–H and O–H groups in total. The van der Waals surface area contributed by atoms with Gasteiger partial charge in [-0.1, -0.05) is 13.3 Å². The highest BCUT2D eigenvalue weighted by Gasteiger charge is 2.15. The fourth-order valence-electron chi connectivity index (χ4n) is 2.10. The Morgan fingerprint density at radius 2 is 2.24 bits per heavy atom. The third kappa shape index (κ3) is 5.76. The summed E-state index contributed by atoms with van der Waals surface area (Å²) in [4.78, 5) is 25.1. The smallest absolute Gasteiger partial charge is 0.311 e. The number of carboxylic acids is 1. The molecule has 7 heteroatoms. The molecule has 1 heterocycles. The summed E-state index contributed by atoms with van der Waals surface area (Å²) < 4.78 is 0. The van der Waals surface area contributed by atoms with Gasteiger partial charge in [0.15, 0.2) is 0 Å². The zero-order valence-electron chi connectivity index (χ0n) is 12.3. The summed E-state index contributed by atoms with van der Waals surface area (Å²) in [7, 11) is 0. The van der Waals surface area contributed by atoms with Gasteiger partial charge in [-0.15, -0.1) is 0 Å². The lowest BCUT2D eigenvalue weighted by Gasteiger charge is -2.14. The summed E-state index contributed by atoms with van der Waals surface area (Å²) >= 11 is 0. The molecule has 1 unspecified atom stereocenters. The van der Waals surface area contributed by atoms with Crippen molar-refractivity contribution in [3.63, 3.8) is 0 Å². The highest BCUT2D eigenvalue weighted by atomic mass is 16.6. The predicted molar refractivity (Wildman–Crippen MR) is 79.4 cm³/mol. The van der Waals surface area contributed by atoms with Crippen molar-refractivity contribution in [2.45, 2.75) is 39.5 Å². The molecule has 0 fully saturated rings. The van der Waals surface area contributed by atoms with E-state index in [0.29, 0.717) is 13.0 Å². The molecule has 1 atom stereocenters. The summed E-state index contributed by atoms with van der Waals surface area (Å²) in [6.07, 6.45) is 4.00.